The molecule has 2 aromatic heterocycles. The molecule has 0 amide bonds. The number of para-hydroxylation sites is 1. The molecule has 5 rings (SSSR count). The molecule has 3 heterocycles. The molecule has 1 aromatic carbocycles. The fourth-order valence-electron chi connectivity index (χ4n) is 5.88. The summed E-state index contributed by atoms with van der Waals surface area (Å²) < 4.78 is 1.59. The van der Waals surface area contributed by atoms with E-state index in [-0.39, 0.29) is 29.1 Å². The highest BCUT2D eigenvalue weighted by Crippen LogP contribution is 2.39. The maximum absolute atomic E-state index is 13.5. The topological polar surface area (TPSA) is 107 Å². The molecule has 8 heteroatoms. The van der Waals surface area contributed by atoms with Crippen molar-refractivity contribution in [2.75, 3.05) is 16.8 Å². The van der Waals surface area contributed by atoms with E-state index in [0.717, 1.165) is 36.8 Å². The Morgan fingerprint density at radius 3 is 2.71 bits per heavy atom. The van der Waals surface area contributed by atoms with Crippen LogP contribution in [-0.4, -0.2) is 44.3 Å². The number of β-amino-alcohol motifs (C(OH)–C–C–N with tert-alkyl or cyclic N) is 1. The molecular weight excluding hydrogens is 444 g/mol. The van der Waals surface area contributed by atoms with Crippen molar-refractivity contribution in [1.82, 2.24) is 9.38 Å². The summed E-state index contributed by atoms with van der Waals surface area (Å²) in [4.78, 5) is 32.4. The molecule has 184 valence electrons. The fourth-order valence-corrected chi connectivity index (χ4v) is 5.88. The average molecular weight is 477 g/mol. The lowest BCUT2D eigenvalue weighted by Gasteiger charge is -2.33. The second kappa shape index (κ2) is 9.00. The lowest BCUT2D eigenvalue weighted by atomic mass is 9.84. The molecule has 0 spiro atoms. The molecule has 2 fully saturated rings. The number of benzene rings is 1. The largest absolute Gasteiger partial charge is 0.478 e. The lowest BCUT2D eigenvalue weighted by Crippen LogP contribution is -2.37. The van der Waals surface area contributed by atoms with Crippen LogP contribution in [0.1, 0.15) is 65.7 Å². The lowest BCUT2D eigenvalue weighted by molar-refractivity contribution is 0.0698. The number of pyridine rings is 1. The Morgan fingerprint density at radius 2 is 1.94 bits per heavy atom. The minimum atomic E-state index is -1.00. The highest BCUT2D eigenvalue weighted by Gasteiger charge is 2.43. The number of anilines is 2. The number of fused-ring (bicyclic) bond motifs is 2. The smallest absolute Gasteiger partial charge is 0.337 e. The van der Waals surface area contributed by atoms with Crippen LogP contribution in [0.25, 0.3) is 5.65 Å². The van der Waals surface area contributed by atoms with E-state index >= 15 is 0 Å². The highest BCUT2D eigenvalue weighted by atomic mass is 16.4. The molecule has 1 aliphatic carbocycles. The first-order valence-corrected chi connectivity index (χ1v) is 12.3. The molecule has 1 saturated heterocycles. The van der Waals surface area contributed by atoms with Crippen molar-refractivity contribution in [2.24, 2.45) is 5.92 Å². The number of aliphatic hydroxyl groups excluding tert-OH is 1. The van der Waals surface area contributed by atoms with E-state index in [1.54, 1.807) is 34.9 Å². The third kappa shape index (κ3) is 4.05. The van der Waals surface area contributed by atoms with Crippen LogP contribution in [0, 0.1) is 19.8 Å². The van der Waals surface area contributed by atoms with E-state index in [1.807, 2.05) is 26.8 Å². The van der Waals surface area contributed by atoms with E-state index in [0.29, 0.717) is 29.3 Å². The van der Waals surface area contributed by atoms with Crippen LogP contribution in [0.3, 0.4) is 0 Å². The number of aryl methyl sites for hydroxylation is 1. The predicted octanol–water partition coefficient (Wildman–Crippen LogP) is 3.92. The van der Waals surface area contributed by atoms with Gasteiger partial charge in [-0.05, 0) is 57.4 Å². The number of aromatic carboxylic acids is 1. The van der Waals surface area contributed by atoms with Gasteiger partial charge in [-0.1, -0.05) is 25.0 Å². The standard InChI is InChI=1S/C27H32N4O4/c1-15-12-20(17(3)28-21-10-6-4-8-18(21)27(34)35)25-29-24(16(2)26(33)31(25)13-15)30-14-23(32)19-9-5-7-11-22(19)30/h4,6,8,10,12-13,17,19,22-23,28,32H,5,7,9,11,14H2,1-3H3,(H,34,35)/t17-,19?,22?,23?/m1/s1. The van der Waals surface area contributed by atoms with Crippen molar-refractivity contribution in [3.05, 3.63) is 69.1 Å². The first-order chi connectivity index (χ1) is 16.8. The minimum absolute atomic E-state index is 0.123. The molecule has 8 nitrogen and oxygen atoms in total. The maximum Gasteiger partial charge on any atom is 0.337 e. The number of carboxylic acid groups (broad SMARTS) is 1. The second-order valence-electron chi connectivity index (χ2n) is 9.98. The molecule has 2 aliphatic rings. The van der Waals surface area contributed by atoms with Crippen LogP contribution < -0.4 is 15.8 Å². The maximum atomic E-state index is 13.5. The number of aromatic nitrogens is 2. The summed E-state index contributed by atoms with van der Waals surface area (Å²) in [7, 11) is 0. The van der Waals surface area contributed by atoms with Crippen LogP contribution in [0.5, 0.6) is 0 Å². The van der Waals surface area contributed by atoms with E-state index in [2.05, 4.69) is 10.2 Å². The third-order valence-corrected chi connectivity index (χ3v) is 7.62. The van der Waals surface area contributed by atoms with Gasteiger partial charge in [0.25, 0.3) is 5.56 Å². The van der Waals surface area contributed by atoms with Crippen molar-refractivity contribution >= 4 is 23.1 Å². The molecule has 4 atom stereocenters. The van der Waals surface area contributed by atoms with Crippen LogP contribution in [0.2, 0.25) is 0 Å². The molecule has 0 radical (unpaired) electrons. The SMILES string of the molecule is Cc1cc([C@@H](C)Nc2ccccc2C(=O)O)c2nc(N3CC(O)C4CCCCC43)c(C)c(=O)n2c1. The van der Waals surface area contributed by atoms with Gasteiger partial charge in [-0.25, -0.2) is 9.78 Å². The van der Waals surface area contributed by atoms with Gasteiger partial charge in [0.1, 0.15) is 11.5 Å². The highest BCUT2D eigenvalue weighted by molar-refractivity contribution is 5.94. The van der Waals surface area contributed by atoms with Gasteiger partial charge in [-0.3, -0.25) is 9.20 Å². The van der Waals surface area contributed by atoms with Gasteiger partial charge < -0.3 is 20.4 Å². The predicted molar refractivity (Wildman–Crippen MR) is 135 cm³/mol. The van der Waals surface area contributed by atoms with Crippen molar-refractivity contribution in [2.45, 2.75) is 64.6 Å². The number of hydrogen-bond donors (Lipinski definition) is 3. The van der Waals surface area contributed by atoms with Gasteiger partial charge in [0.2, 0.25) is 0 Å². The normalized spacial score (nSPS) is 22.7. The van der Waals surface area contributed by atoms with Gasteiger partial charge in [0.05, 0.1) is 23.3 Å². The summed E-state index contributed by atoms with van der Waals surface area (Å²) in [5.41, 5.74) is 3.41. The van der Waals surface area contributed by atoms with Crippen LogP contribution in [-0.2, 0) is 0 Å². The van der Waals surface area contributed by atoms with E-state index in [1.165, 1.54) is 0 Å². The number of hydrogen-bond acceptors (Lipinski definition) is 6. The summed E-state index contributed by atoms with van der Waals surface area (Å²) >= 11 is 0. The van der Waals surface area contributed by atoms with E-state index in [4.69, 9.17) is 4.98 Å². The molecule has 3 N–H and O–H groups in total. The zero-order chi connectivity index (χ0) is 24.9. The van der Waals surface area contributed by atoms with Gasteiger partial charge in [-0.2, -0.15) is 0 Å². The molecule has 0 bridgehead atoms. The summed E-state index contributed by atoms with van der Waals surface area (Å²) in [6.07, 6.45) is 5.62. The van der Waals surface area contributed by atoms with Gasteiger partial charge >= 0.3 is 5.97 Å². The molecular formula is C27H32N4O4. The molecule has 3 aromatic rings. The molecule has 1 saturated carbocycles. The molecule has 1 aliphatic heterocycles. The quantitative estimate of drug-likeness (QED) is 0.512. The third-order valence-electron chi connectivity index (χ3n) is 7.62. The van der Waals surface area contributed by atoms with E-state index in [9.17, 15) is 19.8 Å². The monoisotopic (exact) mass is 476 g/mol. The Bertz CT molecular complexity index is 1350. The number of rotatable bonds is 5. The molecule has 35 heavy (non-hydrogen) atoms. The Balaban J connectivity index is 1.61. The van der Waals surface area contributed by atoms with Gasteiger partial charge in [0, 0.05) is 36.0 Å². The minimum Gasteiger partial charge on any atom is -0.478 e. The fraction of sp³-hybridized carbons (Fsp3) is 0.444. The summed E-state index contributed by atoms with van der Waals surface area (Å²) in [5.74, 6) is -0.142. The summed E-state index contributed by atoms with van der Waals surface area (Å²) in [5, 5.41) is 23.6. The van der Waals surface area contributed by atoms with Crippen molar-refractivity contribution < 1.29 is 15.0 Å². The van der Waals surface area contributed by atoms with Crippen LogP contribution >= 0.6 is 0 Å². The number of carboxylic acids is 1. The Hall–Kier alpha value is -3.39. The number of nitrogens with one attached hydrogen (secondary N) is 1. The van der Waals surface area contributed by atoms with Gasteiger partial charge in [-0.15, -0.1) is 0 Å². The first kappa shape index (κ1) is 23.4. The second-order valence-corrected chi connectivity index (χ2v) is 9.98. The van der Waals surface area contributed by atoms with E-state index < -0.39 is 12.1 Å². The Labute approximate surface area is 204 Å². The van der Waals surface area contributed by atoms with Crippen molar-refractivity contribution in [3.8, 4) is 0 Å². The molecule has 3 unspecified atom stereocenters. The zero-order valence-corrected chi connectivity index (χ0v) is 20.4. The van der Waals surface area contributed by atoms with Crippen molar-refractivity contribution in [1.29, 1.82) is 0 Å². The van der Waals surface area contributed by atoms with Crippen LogP contribution in [0.15, 0.2) is 41.3 Å². The van der Waals surface area contributed by atoms with Crippen molar-refractivity contribution in [3.63, 3.8) is 0 Å². The Morgan fingerprint density at radius 1 is 1.20 bits per heavy atom. The number of aliphatic hydroxyl groups is 1. The average Bonchev–Trinajstić information content (AvgIpc) is 3.17. The number of carbonyl (C=O) groups is 1. The summed E-state index contributed by atoms with van der Waals surface area (Å²) in [6.45, 7) is 6.17. The summed E-state index contributed by atoms with van der Waals surface area (Å²) in [6, 6.07) is 8.67. The number of nitrogens with zero attached hydrogens (tertiary/aromatic N) is 3. The van der Waals surface area contributed by atoms with Gasteiger partial charge in [0.15, 0.2) is 0 Å². The Kier molecular flexibility index (Phi) is 6.01. The first-order valence-electron chi connectivity index (χ1n) is 12.3. The van der Waals surface area contributed by atoms with Crippen LogP contribution in [0.4, 0.5) is 11.5 Å². The zero-order valence-electron chi connectivity index (χ0n) is 20.4.